The summed E-state index contributed by atoms with van der Waals surface area (Å²) >= 11 is 0. The number of nitrogens with zero attached hydrogens (tertiary/aromatic N) is 6. The first-order valence-corrected chi connectivity index (χ1v) is 12.7. The average Bonchev–Trinajstić information content (AvgIpc) is 3.04. The standard InChI is InChI=1S/C27H33N7O2/c1-18-21(11-13-28-2)22-15-29-27(32-26(22)34(18)20-7-5-3-4-6-8-20)31-24-10-9-19-16-33(25(36)17-35)14-12-23(19)30-24/h9-11,13,15,20,35H,2-8,12,14,16-17H2,1H3,(H,29,30,31,32). The largest absolute Gasteiger partial charge is 0.387 e. The third-order valence-corrected chi connectivity index (χ3v) is 7.35. The fourth-order valence-corrected chi connectivity index (χ4v) is 5.50. The molecular weight excluding hydrogens is 454 g/mol. The van der Waals surface area contributed by atoms with Gasteiger partial charge >= 0.3 is 0 Å². The summed E-state index contributed by atoms with van der Waals surface area (Å²) in [6.07, 6.45) is 13.6. The van der Waals surface area contributed by atoms with Gasteiger partial charge in [-0.15, -0.1) is 0 Å². The van der Waals surface area contributed by atoms with Crippen molar-refractivity contribution in [2.75, 3.05) is 18.5 Å². The molecule has 1 saturated carbocycles. The van der Waals surface area contributed by atoms with Crippen molar-refractivity contribution >= 4 is 41.5 Å². The fourth-order valence-electron chi connectivity index (χ4n) is 5.50. The smallest absolute Gasteiger partial charge is 0.248 e. The van der Waals surface area contributed by atoms with Gasteiger partial charge in [0.1, 0.15) is 18.1 Å². The quantitative estimate of drug-likeness (QED) is 0.396. The highest BCUT2D eigenvalue weighted by molar-refractivity contribution is 5.89. The summed E-state index contributed by atoms with van der Waals surface area (Å²) in [5.74, 6) is 0.928. The Bertz CT molecular complexity index is 1310. The minimum Gasteiger partial charge on any atom is -0.387 e. The summed E-state index contributed by atoms with van der Waals surface area (Å²) < 4.78 is 2.39. The zero-order valence-corrected chi connectivity index (χ0v) is 20.8. The maximum atomic E-state index is 11.8. The molecule has 3 aromatic rings. The van der Waals surface area contributed by atoms with Crippen LogP contribution in [0.15, 0.2) is 29.5 Å². The molecule has 2 aliphatic rings. The van der Waals surface area contributed by atoms with E-state index in [1.54, 1.807) is 11.1 Å². The Labute approximate surface area is 211 Å². The number of hydrogen-bond donors (Lipinski definition) is 2. The minimum atomic E-state index is -0.466. The number of amides is 1. The number of aliphatic imine (C=N–C) groups is 1. The number of hydrogen-bond acceptors (Lipinski definition) is 7. The van der Waals surface area contributed by atoms with Gasteiger partial charge in [0, 0.05) is 60.3 Å². The topological polar surface area (TPSA) is 109 Å². The van der Waals surface area contributed by atoms with Crippen molar-refractivity contribution in [2.24, 2.45) is 4.99 Å². The van der Waals surface area contributed by atoms with Crippen LogP contribution in [0.4, 0.5) is 11.8 Å². The lowest BCUT2D eigenvalue weighted by atomic mass is 10.1. The van der Waals surface area contributed by atoms with E-state index in [0.29, 0.717) is 37.3 Å². The van der Waals surface area contributed by atoms with Gasteiger partial charge in [0.05, 0.1) is 0 Å². The van der Waals surface area contributed by atoms with Crippen LogP contribution in [-0.2, 0) is 17.8 Å². The highest BCUT2D eigenvalue weighted by Crippen LogP contribution is 2.35. The molecule has 0 saturated heterocycles. The molecule has 0 spiro atoms. The summed E-state index contributed by atoms with van der Waals surface area (Å²) in [7, 11) is 0. The first-order valence-electron chi connectivity index (χ1n) is 12.7. The van der Waals surface area contributed by atoms with E-state index in [4.69, 9.17) is 15.1 Å². The van der Waals surface area contributed by atoms with E-state index in [1.165, 1.54) is 31.4 Å². The predicted octanol–water partition coefficient (Wildman–Crippen LogP) is 4.32. The third kappa shape index (κ3) is 4.75. The lowest BCUT2D eigenvalue weighted by Gasteiger charge is -2.28. The predicted molar refractivity (Wildman–Crippen MR) is 141 cm³/mol. The number of rotatable bonds is 6. The van der Waals surface area contributed by atoms with Gasteiger partial charge in [-0.25, -0.2) is 9.97 Å². The van der Waals surface area contributed by atoms with Gasteiger partial charge in [-0.05, 0) is 44.2 Å². The van der Waals surface area contributed by atoms with Crippen molar-refractivity contribution in [1.82, 2.24) is 24.4 Å². The van der Waals surface area contributed by atoms with E-state index in [1.807, 2.05) is 24.4 Å². The number of anilines is 2. The molecule has 1 fully saturated rings. The highest BCUT2D eigenvalue weighted by atomic mass is 16.3. The molecule has 9 nitrogen and oxygen atoms in total. The second kappa shape index (κ2) is 10.6. The summed E-state index contributed by atoms with van der Waals surface area (Å²) in [4.78, 5) is 31.8. The van der Waals surface area contributed by atoms with Gasteiger partial charge in [-0.3, -0.25) is 9.79 Å². The van der Waals surface area contributed by atoms with Crippen LogP contribution in [0.5, 0.6) is 0 Å². The third-order valence-electron chi connectivity index (χ3n) is 7.35. The van der Waals surface area contributed by atoms with Crippen molar-refractivity contribution < 1.29 is 9.90 Å². The second-order valence-corrected chi connectivity index (χ2v) is 9.59. The molecule has 0 unspecified atom stereocenters. The van der Waals surface area contributed by atoms with Crippen molar-refractivity contribution in [3.8, 4) is 0 Å². The van der Waals surface area contributed by atoms with E-state index >= 15 is 0 Å². The molecule has 188 valence electrons. The molecule has 36 heavy (non-hydrogen) atoms. The van der Waals surface area contributed by atoms with Gasteiger partial charge in [0.15, 0.2) is 0 Å². The summed E-state index contributed by atoms with van der Waals surface area (Å²) in [5, 5.41) is 13.5. The molecule has 0 radical (unpaired) electrons. The molecule has 1 amide bonds. The Hall–Kier alpha value is -3.59. The maximum Gasteiger partial charge on any atom is 0.248 e. The van der Waals surface area contributed by atoms with Gasteiger partial charge in [-0.1, -0.05) is 31.7 Å². The second-order valence-electron chi connectivity index (χ2n) is 9.59. The Balaban J connectivity index is 1.47. The number of aliphatic hydroxyl groups is 1. The Kier molecular flexibility index (Phi) is 7.09. The summed E-state index contributed by atoms with van der Waals surface area (Å²) in [6.45, 7) is 6.28. The van der Waals surface area contributed by atoms with Crippen molar-refractivity contribution in [3.05, 3.63) is 47.0 Å². The average molecular weight is 488 g/mol. The molecule has 1 aliphatic heterocycles. The van der Waals surface area contributed by atoms with E-state index in [9.17, 15) is 4.79 Å². The van der Waals surface area contributed by atoms with Crippen molar-refractivity contribution in [1.29, 1.82) is 0 Å². The summed E-state index contributed by atoms with van der Waals surface area (Å²) in [5.41, 5.74) is 5.14. The molecule has 1 aliphatic carbocycles. The van der Waals surface area contributed by atoms with Gasteiger partial charge < -0.3 is 19.9 Å². The molecule has 0 aromatic carbocycles. The summed E-state index contributed by atoms with van der Waals surface area (Å²) in [6, 6.07) is 4.28. The van der Waals surface area contributed by atoms with Gasteiger partial charge in [0.2, 0.25) is 11.9 Å². The first kappa shape index (κ1) is 24.1. The monoisotopic (exact) mass is 487 g/mol. The van der Waals surface area contributed by atoms with E-state index < -0.39 is 6.61 Å². The lowest BCUT2D eigenvalue weighted by Crippen LogP contribution is -2.37. The van der Waals surface area contributed by atoms with Gasteiger partial charge in [0.25, 0.3) is 0 Å². The highest BCUT2D eigenvalue weighted by Gasteiger charge is 2.24. The molecule has 9 heteroatoms. The van der Waals surface area contributed by atoms with E-state index in [-0.39, 0.29) is 5.91 Å². The molecule has 2 N–H and O–H groups in total. The number of carbonyl (C=O) groups is 1. The van der Waals surface area contributed by atoms with Gasteiger partial charge in [-0.2, -0.15) is 4.98 Å². The maximum absolute atomic E-state index is 11.8. The van der Waals surface area contributed by atoms with Crippen molar-refractivity contribution in [2.45, 2.75) is 64.5 Å². The Morgan fingerprint density at radius 2 is 2.06 bits per heavy atom. The molecule has 5 rings (SSSR count). The zero-order valence-electron chi connectivity index (χ0n) is 20.8. The van der Waals surface area contributed by atoms with Crippen LogP contribution >= 0.6 is 0 Å². The molecule has 0 bridgehead atoms. The number of aliphatic hydroxyl groups excluding tert-OH is 1. The zero-order chi connectivity index (χ0) is 25.1. The SMILES string of the molecule is C=NC=Cc1c(C)n(C2CCCCCC2)c2nc(Nc3ccc4c(n3)CCN(C(=O)CO)C4)ncc12. The minimum absolute atomic E-state index is 0.255. The first-order chi connectivity index (χ1) is 17.6. The van der Waals surface area contributed by atoms with Crippen LogP contribution in [0.3, 0.4) is 0 Å². The Morgan fingerprint density at radius 1 is 1.25 bits per heavy atom. The van der Waals surface area contributed by atoms with Crippen LogP contribution in [0, 0.1) is 6.92 Å². The van der Waals surface area contributed by atoms with Crippen LogP contribution in [-0.4, -0.2) is 55.3 Å². The molecule has 4 heterocycles. The number of fused-ring (bicyclic) bond motifs is 2. The lowest BCUT2D eigenvalue weighted by molar-refractivity contribution is -0.135. The number of carbonyl (C=O) groups excluding carboxylic acids is 1. The van der Waals surface area contributed by atoms with Crippen LogP contribution in [0.2, 0.25) is 0 Å². The number of pyridine rings is 1. The van der Waals surface area contributed by atoms with Crippen LogP contribution in [0.25, 0.3) is 17.1 Å². The Morgan fingerprint density at radius 3 is 2.81 bits per heavy atom. The molecule has 0 atom stereocenters. The van der Waals surface area contributed by atoms with E-state index in [2.05, 4.69) is 33.5 Å². The van der Waals surface area contributed by atoms with E-state index in [0.717, 1.165) is 40.7 Å². The fraction of sp³-hybridized carbons (Fsp3) is 0.444. The van der Waals surface area contributed by atoms with Crippen LogP contribution in [0.1, 0.15) is 67.1 Å². The molecular formula is C27H33N7O2. The van der Waals surface area contributed by atoms with Crippen LogP contribution < -0.4 is 5.32 Å². The normalized spacial score (nSPS) is 16.8. The number of aromatic nitrogens is 4. The number of nitrogens with one attached hydrogen (secondary N) is 1. The van der Waals surface area contributed by atoms with Crippen molar-refractivity contribution in [3.63, 3.8) is 0 Å². The molecule has 3 aromatic heterocycles.